The minimum absolute atomic E-state index is 0.181. The molecule has 8 heteroatoms. The maximum atomic E-state index is 12.8. The number of hydrogen-bond acceptors (Lipinski definition) is 7. The molecule has 1 aromatic heterocycles. The number of rotatable bonds is 11. The first-order valence-electron chi connectivity index (χ1n) is 12.4. The lowest BCUT2D eigenvalue weighted by atomic mass is 9.99. The minimum atomic E-state index is -0.436. The van der Waals surface area contributed by atoms with Gasteiger partial charge in [-0.1, -0.05) is 54.6 Å². The molecule has 1 aliphatic heterocycles. The van der Waals surface area contributed by atoms with Gasteiger partial charge >= 0.3 is 5.97 Å². The van der Waals surface area contributed by atoms with Gasteiger partial charge in [-0.2, -0.15) is 0 Å². The monoisotopic (exact) mass is 507 g/mol. The van der Waals surface area contributed by atoms with E-state index in [1.165, 1.54) is 11.3 Å². The molecule has 4 rings (SSSR count). The minimum Gasteiger partial charge on any atom is -0.462 e. The first-order chi connectivity index (χ1) is 17.7. The summed E-state index contributed by atoms with van der Waals surface area (Å²) in [5, 5.41) is 8.51. The molecule has 1 fully saturated rings. The highest BCUT2D eigenvalue weighted by molar-refractivity contribution is 7.15. The number of nitrogens with one attached hydrogen (secondary N) is 2. The van der Waals surface area contributed by atoms with E-state index in [-0.39, 0.29) is 19.1 Å². The Hall–Kier alpha value is -3.04. The molecule has 0 atom stereocenters. The van der Waals surface area contributed by atoms with E-state index in [4.69, 9.17) is 9.47 Å². The highest BCUT2D eigenvalue weighted by Gasteiger charge is 2.23. The van der Waals surface area contributed by atoms with Crippen molar-refractivity contribution >= 4 is 28.2 Å². The van der Waals surface area contributed by atoms with Gasteiger partial charge in [-0.15, -0.1) is 11.3 Å². The molecule has 0 spiro atoms. The van der Waals surface area contributed by atoms with Crippen molar-refractivity contribution in [2.75, 3.05) is 57.9 Å². The Balaban J connectivity index is 1.38. The number of anilines is 1. The zero-order chi connectivity index (χ0) is 25.2. The predicted octanol–water partition coefficient (Wildman–Crippen LogP) is 4.51. The van der Waals surface area contributed by atoms with E-state index in [2.05, 4.69) is 27.7 Å². The van der Waals surface area contributed by atoms with Gasteiger partial charge in [0, 0.05) is 24.0 Å². The van der Waals surface area contributed by atoms with Crippen LogP contribution in [0.25, 0.3) is 22.3 Å². The van der Waals surface area contributed by atoms with Crippen molar-refractivity contribution in [3.63, 3.8) is 0 Å². The van der Waals surface area contributed by atoms with Crippen LogP contribution < -0.4 is 10.6 Å². The molecule has 0 aliphatic carbocycles. The van der Waals surface area contributed by atoms with E-state index < -0.39 is 5.97 Å². The van der Waals surface area contributed by atoms with Gasteiger partial charge in [0.15, 0.2) is 0 Å². The number of esters is 1. The molecule has 36 heavy (non-hydrogen) atoms. The van der Waals surface area contributed by atoms with E-state index in [0.29, 0.717) is 10.6 Å². The fourth-order valence-electron chi connectivity index (χ4n) is 4.17. The molecule has 0 unspecified atom stereocenters. The summed E-state index contributed by atoms with van der Waals surface area (Å²) in [6, 6.07) is 18.2. The molecule has 2 heterocycles. The lowest BCUT2D eigenvalue weighted by Crippen LogP contribution is -2.38. The predicted molar refractivity (Wildman–Crippen MR) is 145 cm³/mol. The zero-order valence-electron chi connectivity index (χ0n) is 20.6. The standard InChI is InChI=1S/C28H33N3O4S/c1-2-35-28(33)26-24(23-11-9-22(10-12-23)21-7-4-3-5-8-21)20-36-27(26)30-25(32)19-29-13-6-14-31-15-17-34-18-16-31/h3-5,7-12,20,29H,2,6,13-19H2,1H3,(H,30,32). The topological polar surface area (TPSA) is 79.9 Å². The summed E-state index contributed by atoms with van der Waals surface area (Å²) >= 11 is 1.34. The average molecular weight is 508 g/mol. The quantitative estimate of drug-likeness (QED) is 0.294. The summed E-state index contributed by atoms with van der Waals surface area (Å²) in [5.74, 6) is -0.616. The maximum absolute atomic E-state index is 12.8. The molecule has 0 saturated carbocycles. The Morgan fingerprint density at radius 3 is 2.42 bits per heavy atom. The third kappa shape index (κ3) is 7.01. The van der Waals surface area contributed by atoms with Gasteiger partial charge in [0.05, 0.1) is 26.4 Å². The number of carbonyl (C=O) groups excluding carboxylic acids is 2. The number of morpholine rings is 1. The summed E-state index contributed by atoms with van der Waals surface area (Å²) in [5.41, 5.74) is 4.28. The molecule has 1 saturated heterocycles. The van der Waals surface area contributed by atoms with Crippen molar-refractivity contribution in [2.45, 2.75) is 13.3 Å². The Labute approximate surface area is 216 Å². The summed E-state index contributed by atoms with van der Waals surface area (Å²) in [4.78, 5) is 27.8. The SMILES string of the molecule is CCOC(=O)c1c(-c2ccc(-c3ccccc3)cc2)csc1NC(=O)CNCCCN1CCOCC1. The van der Waals surface area contributed by atoms with E-state index in [1.54, 1.807) is 6.92 Å². The van der Waals surface area contributed by atoms with Crippen LogP contribution in [0.1, 0.15) is 23.7 Å². The summed E-state index contributed by atoms with van der Waals surface area (Å²) in [6.45, 7) is 7.47. The highest BCUT2D eigenvalue weighted by atomic mass is 32.1. The Bertz CT molecular complexity index is 1130. The van der Waals surface area contributed by atoms with Gasteiger partial charge in [-0.25, -0.2) is 4.79 Å². The molecule has 7 nitrogen and oxygen atoms in total. The molecule has 0 radical (unpaired) electrons. The maximum Gasteiger partial charge on any atom is 0.341 e. The van der Waals surface area contributed by atoms with Crippen molar-refractivity contribution < 1.29 is 19.1 Å². The largest absolute Gasteiger partial charge is 0.462 e. The van der Waals surface area contributed by atoms with Crippen LogP contribution in [0.4, 0.5) is 5.00 Å². The van der Waals surface area contributed by atoms with Crippen LogP contribution >= 0.6 is 11.3 Å². The Morgan fingerprint density at radius 1 is 1.00 bits per heavy atom. The van der Waals surface area contributed by atoms with Crippen molar-refractivity contribution in [3.8, 4) is 22.3 Å². The lowest BCUT2D eigenvalue weighted by molar-refractivity contribution is -0.115. The molecule has 2 N–H and O–H groups in total. The van der Waals surface area contributed by atoms with E-state index >= 15 is 0 Å². The van der Waals surface area contributed by atoms with Gasteiger partial charge in [0.1, 0.15) is 10.6 Å². The number of nitrogens with zero attached hydrogens (tertiary/aromatic N) is 1. The zero-order valence-corrected chi connectivity index (χ0v) is 21.4. The molecular formula is C28H33N3O4S. The number of carbonyl (C=O) groups is 2. The van der Waals surface area contributed by atoms with Crippen molar-refractivity contribution in [1.82, 2.24) is 10.2 Å². The number of amides is 1. The van der Waals surface area contributed by atoms with Gasteiger partial charge < -0.3 is 20.1 Å². The van der Waals surface area contributed by atoms with Gasteiger partial charge in [-0.3, -0.25) is 9.69 Å². The normalized spacial score (nSPS) is 13.9. The fraction of sp³-hybridized carbons (Fsp3) is 0.357. The summed E-state index contributed by atoms with van der Waals surface area (Å²) in [7, 11) is 0. The van der Waals surface area contributed by atoms with Crippen LogP contribution in [-0.4, -0.2) is 69.3 Å². The van der Waals surface area contributed by atoms with Gasteiger partial charge in [-0.05, 0) is 43.1 Å². The second-order valence-corrected chi connectivity index (χ2v) is 9.43. The molecule has 1 amide bonds. The summed E-state index contributed by atoms with van der Waals surface area (Å²) < 4.78 is 10.7. The molecule has 190 valence electrons. The number of hydrogen-bond donors (Lipinski definition) is 2. The van der Waals surface area contributed by atoms with Crippen LogP contribution in [0.15, 0.2) is 60.0 Å². The molecule has 0 bridgehead atoms. The first kappa shape index (κ1) is 26.0. The second-order valence-electron chi connectivity index (χ2n) is 8.55. The number of ether oxygens (including phenoxy) is 2. The number of benzene rings is 2. The Morgan fingerprint density at radius 2 is 1.69 bits per heavy atom. The summed E-state index contributed by atoms with van der Waals surface area (Å²) in [6.07, 6.45) is 0.962. The van der Waals surface area contributed by atoms with Crippen LogP contribution in [-0.2, 0) is 14.3 Å². The van der Waals surface area contributed by atoms with Crippen molar-refractivity contribution in [2.24, 2.45) is 0 Å². The molecular weight excluding hydrogens is 474 g/mol. The fourth-order valence-corrected chi connectivity index (χ4v) is 5.14. The molecule has 2 aromatic carbocycles. The van der Waals surface area contributed by atoms with Crippen molar-refractivity contribution in [1.29, 1.82) is 0 Å². The molecule has 1 aliphatic rings. The van der Waals surface area contributed by atoms with Crippen LogP contribution in [0.3, 0.4) is 0 Å². The smallest absolute Gasteiger partial charge is 0.341 e. The average Bonchev–Trinajstić information content (AvgIpc) is 3.33. The highest BCUT2D eigenvalue weighted by Crippen LogP contribution is 2.37. The van der Waals surface area contributed by atoms with Gasteiger partial charge in [0.2, 0.25) is 5.91 Å². The van der Waals surface area contributed by atoms with Crippen LogP contribution in [0.5, 0.6) is 0 Å². The van der Waals surface area contributed by atoms with Crippen LogP contribution in [0, 0.1) is 0 Å². The lowest BCUT2D eigenvalue weighted by Gasteiger charge is -2.26. The third-order valence-corrected chi connectivity index (χ3v) is 6.94. The van der Waals surface area contributed by atoms with E-state index in [1.807, 2.05) is 47.8 Å². The Kier molecular flexibility index (Phi) is 9.63. The third-order valence-electron chi connectivity index (χ3n) is 6.04. The molecule has 3 aromatic rings. The first-order valence-corrected chi connectivity index (χ1v) is 13.3. The second kappa shape index (κ2) is 13.3. The van der Waals surface area contributed by atoms with Crippen molar-refractivity contribution in [3.05, 3.63) is 65.5 Å². The van der Waals surface area contributed by atoms with E-state index in [0.717, 1.165) is 68.1 Å². The van der Waals surface area contributed by atoms with Gasteiger partial charge in [0.25, 0.3) is 0 Å². The van der Waals surface area contributed by atoms with Crippen LogP contribution in [0.2, 0.25) is 0 Å². The van der Waals surface area contributed by atoms with E-state index in [9.17, 15) is 9.59 Å². The number of thiophene rings is 1.